The standard InChI is InChI=1S/C27H30N8O/c1-4-23(36)34-14-8-11-21(16-34)35-27-24(25(28)29-17-30-27)26(32-35)31-22-13-12-20(15-18(22)2)33(3)19-9-6-5-7-10-19/h4-7,9-10,12-13,15,17,21H,1,8,11,14,16H2,2-3H3,(H,31,32)(H2,28,29,30). The zero-order valence-electron chi connectivity index (χ0n) is 20.6. The third kappa shape index (κ3) is 4.35. The van der Waals surface area contributed by atoms with Crippen molar-refractivity contribution in [2.75, 3.05) is 36.1 Å². The van der Waals surface area contributed by atoms with E-state index in [1.165, 1.54) is 12.4 Å². The van der Waals surface area contributed by atoms with E-state index in [1.54, 1.807) is 4.90 Å². The van der Waals surface area contributed by atoms with Gasteiger partial charge in [0.1, 0.15) is 17.5 Å². The highest BCUT2D eigenvalue weighted by atomic mass is 16.2. The summed E-state index contributed by atoms with van der Waals surface area (Å²) in [5, 5.41) is 9.02. The van der Waals surface area contributed by atoms with E-state index >= 15 is 0 Å². The molecular formula is C27H30N8O. The van der Waals surface area contributed by atoms with E-state index in [1.807, 2.05) is 28.9 Å². The fraction of sp³-hybridized carbons (Fsp3) is 0.259. The summed E-state index contributed by atoms with van der Waals surface area (Å²) in [5.74, 6) is 0.893. The van der Waals surface area contributed by atoms with E-state index < -0.39 is 0 Å². The number of nitrogens with zero attached hydrogens (tertiary/aromatic N) is 6. The van der Waals surface area contributed by atoms with Crippen LogP contribution in [0.1, 0.15) is 24.4 Å². The second-order valence-electron chi connectivity index (χ2n) is 9.05. The first-order chi connectivity index (χ1) is 17.5. The van der Waals surface area contributed by atoms with Gasteiger partial charge < -0.3 is 20.9 Å². The number of carbonyl (C=O) groups is 1. The summed E-state index contributed by atoms with van der Waals surface area (Å²) in [7, 11) is 2.05. The van der Waals surface area contributed by atoms with Crippen molar-refractivity contribution in [2.24, 2.45) is 0 Å². The van der Waals surface area contributed by atoms with Gasteiger partial charge in [-0.05, 0) is 61.7 Å². The number of rotatable bonds is 6. The van der Waals surface area contributed by atoms with Gasteiger partial charge in [-0.1, -0.05) is 24.8 Å². The van der Waals surface area contributed by atoms with E-state index in [9.17, 15) is 4.79 Å². The van der Waals surface area contributed by atoms with Crippen molar-refractivity contribution in [2.45, 2.75) is 25.8 Å². The quantitative estimate of drug-likeness (QED) is 0.388. The van der Waals surface area contributed by atoms with Crippen LogP contribution in [0.5, 0.6) is 0 Å². The first-order valence-corrected chi connectivity index (χ1v) is 12.0. The Balaban J connectivity index is 1.47. The van der Waals surface area contributed by atoms with E-state index in [-0.39, 0.29) is 11.9 Å². The molecule has 9 nitrogen and oxygen atoms in total. The van der Waals surface area contributed by atoms with Gasteiger partial charge in [-0.25, -0.2) is 14.6 Å². The largest absolute Gasteiger partial charge is 0.383 e. The topological polar surface area (TPSA) is 105 Å². The van der Waals surface area contributed by atoms with Gasteiger partial charge in [0.25, 0.3) is 0 Å². The molecule has 36 heavy (non-hydrogen) atoms. The maximum absolute atomic E-state index is 12.2. The third-order valence-electron chi connectivity index (χ3n) is 6.74. The number of para-hydroxylation sites is 1. The van der Waals surface area contributed by atoms with Gasteiger partial charge in [0.15, 0.2) is 11.5 Å². The summed E-state index contributed by atoms with van der Waals surface area (Å²) in [6.45, 7) is 6.94. The van der Waals surface area contributed by atoms with Crippen LogP contribution in [0, 0.1) is 6.92 Å². The normalized spacial score (nSPS) is 15.6. The molecule has 3 heterocycles. The van der Waals surface area contributed by atoms with Crippen LogP contribution < -0.4 is 16.0 Å². The van der Waals surface area contributed by atoms with E-state index in [4.69, 9.17) is 10.8 Å². The molecule has 1 amide bonds. The van der Waals surface area contributed by atoms with Crippen molar-refractivity contribution >= 4 is 45.6 Å². The average Bonchev–Trinajstić information content (AvgIpc) is 3.29. The van der Waals surface area contributed by atoms with Gasteiger partial charge in [-0.15, -0.1) is 0 Å². The molecule has 1 fully saturated rings. The number of anilines is 5. The SMILES string of the molecule is C=CC(=O)N1CCCC(n2nc(Nc3ccc(N(C)c4ccccc4)cc3C)c3c(N)ncnc32)C1. The number of nitrogen functional groups attached to an aromatic ring is 1. The van der Waals surface area contributed by atoms with Crippen molar-refractivity contribution in [3.05, 3.63) is 73.1 Å². The number of fused-ring (bicyclic) bond motifs is 1. The lowest BCUT2D eigenvalue weighted by Crippen LogP contribution is -2.40. The fourth-order valence-electron chi connectivity index (χ4n) is 4.75. The lowest BCUT2D eigenvalue weighted by Gasteiger charge is -2.32. The molecule has 0 bridgehead atoms. The molecule has 0 saturated carbocycles. The fourth-order valence-corrected chi connectivity index (χ4v) is 4.75. The number of hydrogen-bond acceptors (Lipinski definition) is 7. The van der Waals surface area contributed by atoms with Crippen molar-refractivity contribution in [1.82, 2.24) is 24.6 Å². The highest BCUT2D eigenvalue weighted by molar-refractivity contribution is 5.97. The Hall–Kier alpha value is -4.40. The molecule has 0 aliphatic carbocycles. The van der Waals surface area contributed by atoms with Crippen LogP contribution in [0.4, 0.5) is 28.7 Å². The lowest BCUT2D eigenvalue weighted by atomic mass is 10.1. The number of hydrogen-bond donors (Lipinski definition) is 2. The predicted octanol–water partition coefficient (Wildman–Crippen LogP) is 4.58. The van der Waals surface area contributed by atoms with Crippen LogP contribution in [0.15, 0.2) is 67.5 Å². The zero-order valence-corrected chi connectivity index (χ0v) is 20.6. The molecule has 1 atom stereocenters. The molecule has 2 aromatic heterocycles. The molecule has 0 radical (unpaired) electrons. The number of nitrogens with two attached hydrogens (primary N) is 1. The van der Waals surface area contributed by atoms with Gasteiger partial charge in [0.2, 0.25) is 5.91 Å². The van der Waals surface area contributed by atoms with Gasteiger partial charge in [0.05, 0.1) is 6.04 Å². The first-order valence-electron chi connectivity index (χ1n) is 12.0. The van der Waals surface area contributed by atoms with E-state index in [2.05, 4.69) is 65.0 Å². The molecule has 1 saturated heterocycles. The molecule has 184 valence electrons. The van der Waals surface area contributed by atoms with E-state index in [0.29, 0.717) is 35.8 Å². The van der Waals surface area contributed by atoms with Crippen LogP contribution in [0.25, 0.3) is 11.0 Å². The Bertz CT molecular complexity index is 1410. The van der Waals surface area contributed by atoms with Crippen molar-refractivity contribution in [1.29, 1.82) is 0 Å². The average molecular weight is 483 g/mol. The Morgan fingerprint density at radius 1 is 1.19 bits per heavy atom. The summed E-state index contributed by atoms with van der Waals surface area (Å²) >= 11 is 0. The maximum Gasteiger partial charge on any atom is 0.246 e. The van der Waals surface area contributed by atoms with Gasteiger partial charge in [0, 0.05) is 37.2 Å². The molecule has 1 unspecified atom stereocenters. The smallest absolute Gasteiger partial charge is 0.246 e. The summed E-state index contributed by atoms with van der Waals surface area (Å²) in [5.41, 5.74) is 11.1. The minimum Gasteiger partial charge on any atom is -0.383 e. The van der Waals surface area contributed by atoms with Crippen LogP contribution in [-0.2, 0) is 4.79 Å². The van der Waals surface area contributed by atoms with Gasteiger partial charge in [-0.2, -0.15) is 5.10 Å². The second kappa shape index (κ2) is 9.69. The molecule has 4 aromatic rings. The molecule has 2 aromatic carbocycles. The number of benzene rings is 2. The van der Waals surface area contributed by atoms with Crippen LogP contribution in [0.3, 0.4) is 0 Å². The monoisotopic (exact) mass is 482 g/mol. The predicted molar refractivity (Wildman–Crippen MR) is 144 cm³/mol. The highest BCUT2D eigenvalue weighted by Crippen LogP contribution is 2.34. The number of carbonyl (C=O) groups excluding carboxylic acids is 1. The highest BCUT2D eigenvalue weighted by Gasteiger charge is 2.27. The molecule has 1 aliphatic rings. The maximum atomic E-state index is 12.2. The van der Waals surface area contributed by atoms with Gasteiger partial charge >= 0.3 is 0 Å². The summed E-state index contributed by atoms with van der Waals surface area (Å²) < 4.78 is 1.88. The van der Waals surface area contributed by atoms with Crippen LogP contribution in [-0.4, -0.2) is 50.7 Å². The second-order valence-corrected chi connectivity index (χ2v) is 9.05. The summed E-state index contributed by atoms with van der Waals surface area (Å²) in [4.78, 5) is 24.9. The molecule has 5 rings (SSSR count). The summed E-state index contributed by atoms with van der Waals surface area (Å²) in [6, 6.07) is 16.5. The Labute approximate surface area is 210 Å². The molecule has 3 N–H and O–H groups in total. The Morgan fingerprint density at radius 3 is 2.75 bits per heavy atom. The van der Waals surface area contributed by atoms with Crippen molar-refractivity contribution in [3.63, 3.8) is 0 Å². The Kier molecular flexibility index (Phi) is 6.28. The molecule has 0 spiro atoms. The molecule has 1 aliphatic heterocycles. The third-order valence-corrected chi connectivity index (χ3v) is 6.74. The summed E-state index contributed by atoms with van der Waals surface area (Å²) in [6.07, 6.45) is 4.58. The number of aryl methyl sites for hydroxylation is 1. The van der Waals surface area contributed by atoms with Crippen molar-refractivity contribution in [3.8, 4) is 0 Å². The van der Waals surface area contributed by atoms with Crippen LogP contribution in [0.2, 0.25) is 0 Å². The molecular weight excluding hydrogens is 452 g/mol. The zero-order chi connectivity index (χ0) is 25.2. The number of piperidine rings is 1. The minimum absolute atomic E-state index is 0.0157. The first kappa shape index (κ1) is 23.3. The lowest BCUT2D eigenvalue weighted by molar-refractivity contribution is -0.127. The molecule has 9 heteroatoms. The number of amides is 1. The van der Waals surface area contributed by atoms with Gasteiger partial charge in [-0.3, -0.25) is 4.79 Å². The number of likely N-dealkylation sites (tertiary alicyclic amines) is 1. The number of aromatic nitrogens is 4. The Morgan fingerprint density at radius 2 is 2.00 bits per heavy atom. The van der Waals surface area contributed by atoms with Crippen LogP contribution >= 0.6 is 0 Å². The minimum atomic E-state index is -0.0696. The van der Waals surface area contributed by atoms with Crippen molar-refractivity contribution < 1.29 is 4.79 Å². The number of nitrogens with one attached hydrogen (secondary N) is 1. The van der Waals surface area contributed by atoms with E-state index in [0.717, 1.165) is 35.5 Å².